The second kappa shape index (κ2) is 11.9. The fourth-order valence-electron chi connectivity index (χ4n) is 2.16. The molecule has 1 rings (SSSR count). The molecule has 0 bridgehead atoms. The van der Waals surface area contributed by atoms with Crippen molar-refractivity contribution in [2.24, 2.45) is 5.92 Å². The lowest BCUT2D eigenvalue weighted by Crippen LogP contribution is -2.46. The molecule has 0 fully saturated rings. The molecule has 0 radical (unpaired) electrons. The van der Waals surface area contributed by atoms with Crippen LogP contribution in [0.1, 0.15) is 31.1 Å². The van der Waals surface area contributed by atoms with Gasteiger partial charge in [-0.1, -0.05) is 13.8 Å². The predicted molar refractivity (Wildman–Crippen MR) is 99.5 cm³/mol. The topological polar surface area (TPSA) is 103 Å². The Bertz CT molecular complexity index is 615. The molecule has 2 N–H and O–H groups in total. The van der Waals surface area contributed by atoms with Crippen molar-refractivity contribution in [3.63, 3.8) is 0 Å². The molecule has 0 saturated carbocycles. The normalized spacial score (nSPS) is 11.6. The van der Waals surface area contributed by atoms with Crippen LogP contribution in [0.5, 0.6) is 5.75 Å². The zero-order valence-electron chi connectivity index (χ0n) is 16.2. The monoisotopic (exact) mass is 380 g/mol. The SMILES string of the molecule is CCOc1ccc(C(=O)NC(C(=O)OCC(=O)NCCOC)C(C)C)cc1. The fraction of sp³-hybridized carbons (Fsp3) is 0.526. The molecule has 0 saturated heterocycles. The van der Waals surface area contributed by atoms with Gasteiger partial charge in [0, 0.05) is 19.2 Å². The zero-order chi connectivity index (χ0) is 20.2. The lowest BCUT2D eigenvalue weighted by Gasteiger charge is -2.21. The highest BCUT2D eigenvalue weighted by atomic mass is 16.5. The maximum absolute atomic E-state index is 12.4. The van der Waals surface area contributed by atoms with Crippen LogP contribution in [0.4, 0.5) is 0 Å². The first-order valence-electron chi connectivity index (χ1n) is 8.85. The van der Waals surface area contributed by atoms with Gasteiger partial charge < -0.3 is 24.8 Å². The zero-order valence-corrected chi connectivity index (χ0v) is 16.2. The van der Waals surface area contributed by atoms with Gasteiger partial charge >= 0.3 is 5.97 Å². The van der Waals surface area contributed by atoms with E-state index < -0.39 is 30.4 Å². The van der Waals surface area contributed by atoms with E-state index in [-0.39, 0.29) is 5.92 Å². The van der Waals surface area contributed by atoms with Gasteiger partial charge in [0.15, 0.2) is 6.61 Å². The van der Waals surface area contributed by atoms with Gasteiger partial charge in [0.05, 0.1) is 13.2 Å². The molecule has 2 amide bonds. The number of carbonyl (C=O) groups is 3. The number of esters is 1. The molecule has 0 aromatic heterocycles. The van der Waals surface area contributed by atoms with E-state index in [9.17, 15) is 14.4 Å². The van der Waals surface area contributed by atoms with Crippen LogP contribution in [0, 0.1) is 5.92 Å². The Kier molecular flexibility index (Phi) is 9.89. The molecule has 0 heterocycles. The lowest BCUT2D eigenvalue weighted by atomic mass is 10.0. The summed E-state index contributed by atoms with van der Waals surface area (Å²) in [4.78, 5) is 36.3. The number of benzene rings is 1. The van der Waals surface area contributed by atoms with Crippen molar-refractivity contribution in [2.45, 2.75) is 26.8 Å². The van der Waals surface area contributed by atoms with Crippen molar-refractivity contribution in [1.29, 1.82) is 0 Å². The Morgan fingerprint density at radius 3 is 2.33 bits per heavy atom. The molecule has 0 spiro atoms. The molecular formula is C19H28N2O6. The summed E-state index contributed by atoms with van der Waals surface area (Å²) in [5, 5.41) is 5.20. The third-order valence-electron chi connectivity index (χ3n) is 3.61. The van der Waals surface area contributed by atoms with Crippen molar-refractivity contribution >= 4 is 17.8 Å². The summed E-state index contributed by atoms with van der Waals surface area (Å²) in [5.74, 6) is -1.04. The van der Waals surface area contributed by atoms with Crippen LogP contribution >= 0.6 is 0 Å². The van der Waals surface area contributed by atoms with Crippen LogP contribution in [0.3, 0.4) is 0 Å². The van der Waals surface area contributed by atoms with Gasteiger partial charge in [-0.3, -0.25) is 9.59 Å². The summed E-state index contributed by atoms with van der Waals surface area (Å²) in [5.41, 5.74) is 0.397. The van der Waals surface area contributed by atoms with Crippen molar-refractivity contribution in [3.05, 3.63) is 29.8 Å². The van der Waals surface area contributed by atoms with Gasteiger partial charge in [0.1, 0.15) is 11.8 Å². The number of rotatable bonds is 11. The van der Waals surface area contributed by atoms with Gasteiger partial charge in [-0.2, -0.15) is 0 Å². The van der Waals surface area contributed by atoms with E-state index in [0.29, 0.717) is 31.1 Å². The molecule has 150 valence electrons. The van der Waals surface area contributed by atoms with Gasteiger partial charge in [-0.05, 0) is 37.1 Å². The Morgan fingerprint density at radius 2 is 1.78 bits per heavy atom. The van der Waals surface area contributed by atoms with E-state index in [1.54, 1.807) is 38.1 Å². The largest absolute Gasteiger partial charge is 0.494 e. The Labute approximate surface area is 159 Å². The number of ether oxygens (including phenoxy) is 3. The Balaban J connectivity index is 2.60. The van der Waals surface area contributed by atoms with E-state index in [2.05, 4.69) is 10.6 Å². The van der Waals surface area contributed by atoms with Crippen LogP contribution < -0.4 is 15.4 Å². The maximum atomic E-state index is 12.4. The highest BCUT2D eigenvalue weighted by Gasteiger charge is 2.26. The van der Waals surface area contributed by atoms with Crippen LogP contribution in [-0.2, 0) is 19.1 Å². The van der Waals surface area contributed by atoms with Gasteiger partial charge in [-0.15, -0.1) is 0 Å². The molecule has 0 aliphatic rings. The average molecular weight is 380 g/mol. The molecular weight excluding hydrogens is 352 g/mol. The summed E-state index contributed by atoms with van der Waals surface area (Å²) in [6.45, 7) is 6.25. The fourth-order valence-corrected chi connectivity index (χ4v) is 2.16. The summed E-state index contributed by atoms with van der Waals surface area (Å²) >= 11 is 0. The predicted octanol–water partition coefficient (Wildman–Crippen LogP) is 1.15. The van der Waals surface area contributed by atoms with E-state index in [1.165, 1.54) is 7.11 Å². The van der Waals surface area contributed by atoms with Crippen LogP contribution in [0.2, 0.25) is 0 Å². The van der Waals surface area contributed by atoms with E-state index in [1.807, 2.05) is 6.92 Å². The van der Waals surface area contributed by atoms with Crippen molar-refractivity contribution in [1.82, 2.24) is 10.6 Å². The van der Waals surface area contributed by atoms with Crippen molar-refractivity contribution < 1.29 is 28.6 Å². The minimum Gasteiger partial charge on any atom is -0.494 e. The van der Waals surface area contributed by atoms with E-state index >= 15 is 0 Å². The average Bonchev–Trinajstić information content (AvgIpc) is 2.64. The summed E-state index contributed by atoms with van der Waals surface area (Å²) < 4.78 is 15.2. The quantitative estimate of drug-likeness (QED) is 0.441. The minimum absolute atomic E-state index is 0.208. The first-order valence-corrected chi connectivity index (χ1v) is 8.85. The number of amides is 2. The maximum Gasteiger partial charge on any atom is 0.329 e. The Hall–Kier alpha value is -2.61. The number of hydrogen-bond acceptors (Lipinski definition) is 6. The summed E-state index contributed by atoms with van der Waals surface area (Å²) in [7, 11) is 1.52. The molecule has 1 aromatic carbocycles. The van der Waals surface area contributed by atoms with Gasteiger partial charge in [0.25, 0.3) is 11.8 Å². The molecule has 1 aromatic rings. The molecule has 1 atom stereocenters. The standard InChI is InChI=1S/C19H28N2O6/c1-5-26-15-8-6-14(7-9-15)18(23)21-17(13(2)3)19(24)27-12-16(22)20-10-11-25-4/h6-9,13,17H,5,10-12H2,1-4H3,(H,20,22)(H,21,23). The molecule has 8 heteroatoms. The molecule has 0 aliphatic carbocycles. The molecule has 8 nitrogen and oxygen atoms in total. The Morgan fingerprint density at radius 1 is 1.11 bits per heavy atom. The second-order valence-corrected chi connectivity index (χ2v) is 6.10. The first-order chi connectivity index (χ1) is 12.9. The number of methoxy groups -OCH3 is 1. The first kappa shape index (κ1) is 22.4. The van der Waals surface area contributed by atoms with E-state index in [0.717, 1.165) is 0 Å². The molecule has 1 unspecified atom stereocenters. The molecule has 27 heavy (non-hydrogen) atoms. The van der Waals surface area contributed by atoms with Crippen LogP contribution in [-0.4, -0.2) is 57.3 Å². The van der Waals surface area contributed by atoms with E-state index in [4.69, 9.17) is 14.2 Å². The highest BCUT2D eigenvalue weighted by molar-refractivity contribution is 5.97. The van der Waals surface area contributed by atoms with Crippen molar-refractivity contribution in [3.8, 4) is 5.75 Å². The van der Waals surface area contributed by atoms with Gasteiger partial charge in [0.2, 0.25) is 0 Å². The number of nitrogens with one attached hydrogen (secondary N) is 2. The number of carbonyl (C=O) groups excluding carboxylic acids is 3. The third kappa shape index (κ3) is 8.08. The number of hydrogen-bond donors (Lipinski definition) is 2. The smallest absolute Gasteiger partial charge is 0.329 e. The third-order valence-corrected chi connectivity index (χ3v) is 3.61. The van der Waals surface area contributed by atoms with Gasteiger partial charge in [-0.25, -0.2) is 4.79 Å². The lowest BCUT2D eigenvalue weighted by molar-refractivity contribution is -0.151. The van der Waals surface area contributed by atoms with Crippen molar-refractivity contribution in [2.75, 3.05) is 33.5 Å². The second-order valence-electron chi connectivity index (χ2n) is 6.10. The van der Waals surface area contributed by atoms with Crippen LogP contribution in [0.15, 0.2) is 24.3 Å². The minimum atomic E-state index is -0.865. The highest BCUT2D eigenvalue weighted by Crippen LogP contribution is 2.13. The van der Waals surface area contributed by atoms with Crippen LogP contribution in [0.25, 0.3) is 0 Å². The summed E-state index contributed by atoms with van der Waals surface area (Å²) in [6.07, 6.45) is 0. The molecule has 0 aliphatic heterocycles. The summed E-state index contributed by atoms with van der Waals surface area (Å²) in [6, 6.07) is 5.74.